The molecule has 8 heteroatoms. The van der Waals surface area contributed by atoms with Crippen LogP contribution in [0.25, 0.3) is 0 Å². The molecule has 0 aromatic carbocycles. The van der Waals surface area contributed by atoms with Crippen molar-refractivity contribution in [3.05, 3.63) is 11.9 Å². The van der Waals surface area contributed by atoms with Crippen LogP contribution in [0.15, 0.2) is 11.1 Å². The van der Waals surface area contributed by atoms with Crippen LogP contribution in [0.1, 0.15) is 31.9 Å². The topological polar surface area (TPSA) is 103 Å². The van der Waals surface area contributed by atoms with E-state index in [1.165, 1.54) is 10.5 Å². The van der Waals surface area contributed by atoms with Crippen LogP contribution >= 0.6 is 0 Å². The third-order valence-corrected chi connectivity index (χ3v) is 5.86. The van der Waals surface area contributed by atoms with Gasteiger partial charge in [-0.05, 0) is 19.8 Å². The number of carboxylic acids is 1. The Balaban J connectivity index is 2.29. The lowest BCUT2D eigenvalue weighted by molar-refractivity contribution is -0.148. The fraction of sp³-hybridized carbons (Fsp3) is 0.667. The Bertz CT molecular complexity index is 610. The second-order valence-corrected chi connectivity index (χ2v) is 7.19. The van der Waals surface area contributed by atoms with Gasteiger partial charge >= 0.3 is 5.97 Å². The molecule has 1 aliphatic rings. The van der Waals surface area contributed by atoms with Gasteiger partial charge in [0.15, 0.2) is 0 Å². The number of aliphatic carboxylic acids is 1. The highest BCUT2D eigenvalue weighted by Gasteiger charge is 2.48. The largest absolute Gasteiger partial charge is 0.481 e. The zero-order valence-corrected chi connectivity index (χ0v) is 12.4. The van der Waals surface area contributed by atoms with Gasteiger partial charge in [0.1, 0.15) is 4.90 Å². The number of sulfonamides is 1. The average molecular weight is 301 g/mol. The first-order valence-electron chi connectivity index (χ1n) is 6.57. The van der Waals surface area contributed by atoms with Crippen LogP contribution in [-0.4, -0.2) is 47.1 Å². The van der Waals surface area contributed by atoms with Crippen LogP contribution < -0.4 is 0 Å². The summed E-state index contributed by atoms with van der Waals surface area (Å²) < 4.78 is 26.3. The molecule has 2 rings (SSSR count). The van der Waals surface area contributed by atoms with E-state index in [4.69, 9.17) is 0 Å². The average Bonchev–Trinajstić information content (AvgIpc) is 2.97. The van der Waals surface area contributed by atoms with Gasteiger partial charge in [-0.1, -0.05) is 13.3 Å². The third-order valence-electron chi connectivity index (χ3n) is 3.90. The molecule has 0 spiro atoms. The zero-order chi connectivity index (χ0) is 15.0. The van der Waals surface area contributed by atoms with Crippen LogP contribution in [0.4, 0.5) is 0 Å². The van der Waals surface area contributed by atoms with Gasteiger partial charge in [0.25, 0.3) is 0 Å². The summed E-state index contributed by atoms with van der Waals surface area (Å²) in [6.45, 7) is 3.80. The van der Waals surface area contributed by atoms with Gasteiger partial charge < -0.3 is 5.11 Å². The van der Waals surface area contributed by atoms with Crippen molar-refractivity contribution in [2.24, 2.45) is 5.41 Å². The molecule has 20 heavy (non-hydrogen) atoms. The van der Waals surface area contributed by atoms with E-state index < -0.39 is 21.4 Å². The molecule has 0 aliphatic carbocycles. The SMILES string of the molecule is CCCC1(C(=O)O)CCN(S(=O)(=O)c2cn[nH]c2C)C1. The number of nitrogens with one attached hydrogen (secondary N) is 1. The van der Waals surface area contributed by atoms with Crippen molar-refractivity contribution < 1.29 is 18.3 Å². The monoisotopic (exact) mass is 301 g/mol. The Morgan fingerprint density at radius 1 is 1.60 bits per heavy atom. The lowest BCUT2D eigenvalue weighted by atomic mass is 9.83. The molecule has 0 radical (unpaired) electrons. The second-order valence-electron chi connectivity index (χ2n) is 5.28. The molecule has 112 valence electrons. The van der Waals surface area contributed by atoms with Crippen molar-refractivity contribution in [2.45, 2.75) is 38.0 Å². The number of aromatic nitrogens is 2. The third kappa shape index (κ3) is 2.33. The summed E-state index contributed by atoms with van der Waals surface area (Å²) in [6, 6.07) is 0. The minimum absolute atomic E-state index is 0.0309. The number of rotatable bonds is 5. The molecule has 1 fully saturated rings. The maximum absolute atomic E-state index is 12.5. The minimum Gasteiger partial charge on any atom is -0.481 e. The van der Waals surface area contributed by atoms with Crippen molar-refractivity contribution in [1.82, 2.24) is 14.5 Å². The van der Waals surface area contributed by atoms with Gasteiger partial charge in [0.05, 0.1) is 17.3 Å². The smallest absolute Gasteiger partial charge is 0.311 e. The van der Waals surface area contributed by atoms with E-state index in [9.17, 15) is 18.3 Å². The fourth-order valence-electron chi connectivity index (χ4n) is 2.74. The van der Waals surface area contributed by atoms with Gasteiger partial charge in [-0.25, -0.2) is 8.42 Å². The van der Waals surface area contributed by atoms with Crippen LogP contribution in [0.2, 0.25) is 0 Å². The quantitative estimate of drug-likeness (QED) is 0.844. The summed E-state index contributed by atoms with van der Waals surface area (Å²) in [5, 5.41) is 15.7. The summed E-state index contributed by atoms with van der Waals surface area (Å²) >= 11 is 0. The minimum atomic E-state index is -3.67. The Morgan fingerprint density at radius 2 is 2.30 bits per heavy atom. The molecular formula is C12H19N3O4S. The Kier molecular flexibility index (Phi) is 3.88. The van der Waals surface area contributed by atoms with Crippen molar-refractivity contribution in [3.8, 4) is 0 Å². The number of hydrogen-bond acceptors (Lipinski definition) is 4. The Hall–Kier alpha value is -1.41. The van der Waals surface area contributed by atoms with E-state index in [0.29, 0.717) is 25.0 Å². The van der Waals surface area contributed by atoms with E-state index in [1.807, 2.05) is 6.92 Å². The highest BCUT2D eigenvalue weighted by molar-refractivity contribution is 7.89. The lowest BCUT2D eigenvalue weighted by Gasteiger charge is -2.23. The molecule has 1 aromatic heterocycles. The highest BCUT2D eigenvalue weighted by Crippen LogP contribution is 2.38. The van der Waals surface area contributed by atoms with Gasteiger partial charge in [-0.2, -0.15) is 9.40 Å². The normalized spacial score (nSPS) is 24.1. The summed E-state index contributed by atoms with van der Waals surface area (Å²) in [5.74, 6) is -0.916. The van der Waals surface area contributed by atoms with Crippen LogP contribution in [-0.2, 0) is 14.8 Å². The Morgan fingerprint density at radius 3 is 2.80 bits per heavy atom. The number of aryl methyl sites for hydroxylation is 1. The van der Waals surface area contributed by atoms with E-state index in [0.717, 1.165) is 0 Å². The summed E-state index contributed by atoms with van der Waals surface area (Å²) in [7, 11) is -3.67. The number of carbonyl (C=O) groups is 1. The van der Waals surface area contributed by atoms with Crippen LogP contribution in [0, 0.1) is 12.3 Å². The number of H-pyrrole nitrogens is 1. The van der Waals surface area contributed by atoms with Crippen molar-refractivity contribution in [1.29, 1.82) is 0 Å². The Labute approximate surface area is 118 Å². The number of aromatic amines is 1. The maximum Gasteiger partial charge on any atom is 0.311 e. The number of hydrogen-bond donors (Lipinski definition) is 2. The second kappa shape index (κ2) is 5.17. The molecule has 1 unspecified atom stereocenters. The van der Waals surface area contributed by atoms with E-state index >= 15 is 0 Å². The van der Waals surface area contributed by atoms with Gasteiger partial charge in [0, 0.05) is 13.1 Å². The van der Waals surface area contributed by atoms with E-state index in [2.05, 4.69) is 10.2 Å². The van der Waals surface area contributed by atoms with Crippen LogP contribution in [0.3, 0.4) is 0 Å². The lowest BCUT2D eigenvalue weighted by Crippen LogP contribution is -2.37. The molecule has 2 heterocycles. The van der Waals surface area contributed by atoms with E-state index in [1.54, 1.807) is 6.92 Å². The molecule has 7 nitrogen and oxygen atoms in total. The molecule has 1 aliphatic heterocycles. The summed E-state index contributed by atoms with van der Waals surface area (Å²) in [6.07, 6.45) is 2.82. The molecule has 1 saturated heterocycles. The maximum atomic E-state index is 12.5. The van der Waals surface area contributed by atoms with Crippen molar-refractivity contribution >= 4 is 16.0 Å². The molecular weight excluding hydrogens is 282 g/mol. The molecule has 0 amide bonds. The zero-order valence-electron chi connectivity index (χ0n) is 11.6. The van der Waals surface area contributed by atoms with E-state index in [-0.39, 0.29) is 18.0 Å². The first-order valence-corrected chi connectivity index (χ1v) is 8.01. The molecule has 0 bridgehead atoms. The van der Waals surface area contributed by atoms with Crippen molar-refractivity contribution in [3.63, 3.8) is 0 Å². The first-order chi connectivity index (χ1) is 9.33. The number of nitrogens with zero attached hydrogens (tertiary/aromatic N) is 2. The van der Waals surface area contributed by atoms with Crippen molar-refractivity contribution in [2.75, 3.05) is 13.1 Å². The molecule has 2 N–H and O–H groups in total. The predicted molar refractivity (Wildman–Crippen MR) is 71.7 cm³/mol. The molecule has 0 saturated carbocycles. The first kappa shape index (κ1) is 15.0. The summed E-state index contributed by atoms with van der Waals surface area (Å²) in [4.78, 5) is 11.6. The summed E-state index contributed by atoms with van der Waals surface area (Å²) in [5.41, 5.74) is -0.493. The van der Waals surface area contributed by atoms with Crippen LogP contribution in [0.5, 0.6) is 0 Å². The van der Waals surface area contributed by atoms with Gasteiger partial charge in [0.2, 0.25) is 10.0 Å². The molecule has 1 atom stereocenters. The highest BCUT2D eigenvalue weighted by atomic mass is 32.2. The fourth-order valence-corrected chi connectivity index (χ4v) is 4.39. The van der Waals surface area contributed by atoms with Gasteiger partial charge in [-0.15, -0.1) is 0 Å². The predicted octanol–water partition coefficient (Wildman–Crippen LogP) is 0.984. The van der Waals surface area contributed by atoms with Gasteiger partial charge in [-0.3, -0.25) is 9.89 Å². The standard InChI is InChI=1S/C12H19N3O4S/c1-3-4-12(11(16)17)5-6-15(8-12)20(18,19)10-7-13-14-9(10)2/h7H,3-6,8H2,1-2H3,(H,13,14)(H,16,17). The number of carboxylic acid groups (broad SMARTS) is 1. The molecule has 1 aromatic rings.